The highest BCUT2D eigenvalue weighted by Gasteiger charge is 2.48. The molecule has 0 aliphatic carbocycles. The van der Waals surface area contributed by atoms with Crippen LogP contribution in [0.1, 0.15) is 30.6 Å². The highest BCUT2D eigenvalue weighted by atomic mass is 79.9. The molecular weight excluding hydrogens is 448 g/mol. The number of fused-ring (bicyclic) bond motifs is 1. The molecule has 5 rings (SSSR count). The van der Waals surface area contributed by atoms with E-state index in [0.717, 1.165) is 30.4 Å². The summed E-state index contributed by atoms with van der Waals surface area (Å²) >= 11 is 3.67. The first-order valence-corrected chi connectivity index (χ1v) is 10.7. The van der Waals surface area contributed by atoms with Gasteiger partial charge in [0.1, 0.15) is 5.76 Å². The Balaban J connectivity index is 1.44. The van der Waals surface area contributed by atoms with Crippen molar-refractivity contribution < 1.29 is 4.42 Å². The van der Waals surface area contributed by atoms with Gasteiger partial charge in [0.15, 0.2) is 5.66 Å². The Hall–Kier alpha value is -2.69. The average molecular weight is 471 g/mol. The molecule has 0 bridgehead atoms. The Labute approximate surface area is 182 Å². The number of nitrogens with one attached hydrogen (secondary N) is 1. The van der Waals surface area contributed by atoms with Gasteiger partial charge in [-0.2, -0.15) is 15.4 Å². The van der Waals surface area contributed by atoms with Crippen LogP contribution in [0.25, 0.3) is 0 Å². The maximum atomic E-state index is 6.06. The second-order valence-corrected chi connectivity index (χ2v) is 8.55. The minimum Gasteiger partial charge on any atom is -0.465 e. The van der Waals surface area contributed by atoms with Crippen LogP contribution < -0.4 is 16.9 Å². The fourth-order valence-electron chi connectivity index (χ4n) is 4.35. The summed E-state index contributed by atoms with van der Waals surface area (Å²) in [5.74, 6) is 1.41. The van der Waals surface area contributed by atoms with Gasteiger partial charge < -0.3 is 15.9 Å². The zero-order chi connectivity index (χ0) is 20.7. The quantitative estimate of drug-likeness (QED) is 0.614. The minimum absolute atomic E-state index is 0.0935. The van der Waals surface area contributed by atoms with Crippen molar-refractivity contribution in [2.24, 2.45) is 26.4 Å². The number of guanidine groups is 3. The Morgan fingerprint density at radius 1 is 1.20 bits per heavy atom. The number of aliphatic imine (C=N–C) groups is 3. The first-order valence-electron chi connectivity index (χ1n) is 9.92. The van der Waals surface area contributed by atoms with Gasteiger partial charge in [-0.15, -0.1) is 0 Å². The summed E-state index contributed by atoms with van der Waals surface area (Å²) in [5.41, 5.74) is 15.7. The summed E-state index contributed by atoms with van der Waals surface area (Å²) in [5, 5.41) is 1.58. The number of likely N-dealkylation sites (tertiary alicyclic amines) is 1. The van der Waals surface area contributed by atoms with Crippen molar-refractivity contribution in [2.45, 2.75) is 37.5 Å². The zero-order valence-electron chi connectivity index (χ0n) is 16.3. The second kappa shape index (κ2) is 7.53. The number of rotatable bonds is 5. The van der Waals surface area contributed by atoms with Crippen LogP contribution in [0.5, 0.6) is 0 Å². The molecule has 2 aromatic rings. The van der Waals surface area contributed by atoms with Gasteiger partial charge in [-0.25, -0.2) is 10.0 Å². The molecule has 1 aromatic heterocycles. The lowest BCUT2D eigenvalue weighted by Crippen LogP contribution is -2.55. The molecule has 0 radical (unpaired) electrons. The van der Waals surface area contributed by atoms with E-state index in [9.17, 15) is 0 Å². The molecule has 30 heavy (non-hydrogen) atoms. The Bertz CT molecular complexity index is 1030. The Kier molecular flexibility index (Phi) is 4.84. The predicted molar refractivity (Wildman–Crippen MR) is 118 cm³/mol. The van der Waals surface area contributed by atoms with E-state index in [1.165, 1.54) is 5.56 Å². The van der Waals surface area contributed by atoms with Crippen LogP contribution in [0.4, 0.5) is 0 Å². The molecule has 10 heteroatoms. The molecule has 1 aromatic carbocycles. The molecule has 4 heterocycles. The Morgan fingerprint density at radius 2 is 2.07 bits per heavy atom. The summed E-state index contributed by atoms with van der Waals surface area (Å²) in [7, 11) is 0. The van der Waals surface area contributed by atoms with Crippen molar-refractivity contribution in [3.8, 4) is 0 Å². The SMILES string of the molecule is NC1=NC2=NC(CC3CCCN3Cc3ccccc3Br)(c3ccco3)NN2C(N)=N1. The maximum Gasteiger partial charge on any atom is 0.248 e. The third-order valence-corrected chi connectivity index (χ3v) is 6.52. The molecule has 5 N–H and O–H groups in total. The summed E-state index contributed by atoms with van der Waals surface area (Å²) in [6.45, 7) is 1.91. The number of nitrogens with two attached hydrogens (primary N) is 2. The van der Waals surface area contributed by atoms with Crippen molar-refractivity contribution >= 4 is 33.8 Å². The van der Waals surface area contributed by atoms with Gasteiger partial charge in [0.2, 0.25) is 17.9 Å². The highest BCUT2D eigenvalue weighted by Crippen LogP contribution is 2.38. The maximum absolute atomic E-state index is 6.06. The van der Waals surface area contributed by atoms with Crippen LogP contribution in [0.15, 0.2) is 66.5 Å². The van der Waals surface area contributed by atoms with Gasteiger partial charge in [0, 0.05) is 23.5 Å². The molecule has 0 spiro atoms. The molecule has 2 atom stereocenters. The number of hydrazine groups is 1. The van der Waals surface area contributed by atoms with Crippen LogP contribution in [0, 0.1) is 0 Å². The highest BCUT2D eigenvalue weighted by molar-refractivity contribution is 9.10. The largest absolute Gasteiger partial charge is 0.465 e. The van der Waals surface area contributed by atoms with E-state index >= 15 is 0 Å². The fourth-order valence-corrected chi connectivity index (χ4v) is 4.76. The van der Waals surface area contributed by atoms with Crippen molar-refractivity contribution in [3.05, 3.63) is 58.5 Å². The molecule has 0 saturated carbocycles. The van der Waals surface area contributed by atoms with Gasteiger partial charge in [-0.05, 0) is 43.1 Å². The van der Waals surface area contributed by atoms with E-state index in [0.29, 0.717) is 24.2 Å². The molecule has 1 fully saturated rings. The van der Waals surface area contributed by atoms with Gasteiger partial charge in [-0.3, -0.25) is 4.90 Å². The summed E-state index contributed by atoms with van der Waals surface area (Å²) in [4.78, 5) is 15.7. The monoisotopic (exact) mass is 470 g/mol. The molecule has 156 valence electrons. The molecule has 0 amide bonds. The first kappa shape index (κ1) is 19.3. The normalized spacial score (nSPS) is 26.4. The number of nitrogens with zero attached hydrogens (tertiary/aromatic N) is 5. The summed E-state index contributed by atoms with van der Waals surface area (Å²) in [6.07, 6.45) is 4.57. The van der Waals surface area contributed by atoms with Crippen LogP contribution in [0.3, 0.4) is 0 Å². The second-order valence-electron chi connectivity index (χ2n) is 7.70. The predicted octanol–water partition coefficient (Wildman–Crippen LogP) is 2.07. The van der Waals surface area contributed by atoms with Crippen molar-refractivity contribution in [3.63, 3.8) is 0 Å². The van der Waals surface area contributed by atoms with Crippen LogP contribution in [0.2, 0.25) is 0 Å². The lowest BCUT2D eigenvalue weighted by Gasteiger charge is -2.33. The number of benzene rings is 1. The van der Waals surface area contributed by atoms with Gasteiger partial charge >= 0.3 is 0 Å². The van der Waals surface area contributed by atoms with Gasteiger partial charge in [-0.1, -0.05) is 34.1 Å². The van der Waals surface area contributed by atoms with E-state index in [2.05, 4.69) is 54.4 Å². The summed E-state index contributed by atoms with van der Waals surface area (Å²) in [6, 6.07) is 12.4. The molecule has 9 nitrogen and oxygen atoms in total. The van der Waals surface area contributed by atoms with Crippen LogP contribution >= 0.6 is 15.9 Å². The fraction of sp³-hybridized carbons (Fsp3) is 0.350. The zero-order valence-corrected chi connectivity index (χ0v) is 17.9. The molecule has 3 aliphatic rings. The molecule has 2 unspecified atom stereocenters. The standard InChI is InChI=1S/C20H23BrN8O/c21-15-7-2-1-5-13(15)12-28-9-3-6-14(28)11-20(16-8-4-10-30-16)26-19-25-17(22)24-18(23)29(19)27-20/h1-2,4-5,7-8,10,14,27H,3,6,9,11-12H2,(H4,22,23,24,25,26). The van der Waals surface area contributed by atoms with E-state index in [1.54, 1.807) is 11.3 Å². The number of halogens is 1. The number of furan rings is 1. The van der Waals surface area contributed by atoms with Crippen LogP contribution in [-0.4, -0.2) is 40.4 Å². The van der Waals surface area contributed by atoms with E-state index in [-0.39, 0.29) is 11.9 Å². The third kappa shape index (κ3) is 3.40. The lowest BCUT2D eigenvalue weighted by molar-refractivity contribution is 0.147. The van der Waals surface area contributed by atoms with Gasteiger partial charge in [0.25, 0.3) is 0 Å². The average Bonchev–Trinajstić information content (AvgIpc) is 3.45. The minimum atomic E-state index is -0.825. The van der Waals surface area contributed by atoms with Crippen molar-refractivity contribution in [1.29, 1.82) is 0 Å². The molecular formula is C20H23BrN8O. The first-order chi connectivity index (χ1) is 14.5. The lowest BCUT2D eigenvalue weighted by atomic mass is 9.96. The smallest absolute Gasteiger partial charge is 0.248 e. The van der Waals surface area contributed by atoms with Crippen molar-refractivity contribution in [2.75, 3.05) is 6.54 Å². The van der Waals surface area contributed by atoms with Gasteiger partial charge in [0.05, 0.1) is 6.26 Å². The number of hydrogen-bond acceptors (Lipinski definition) is 9. The number of hydrogen-bond donors (Lipinski definition) is 3. The molecule has 1 saturated heterocycles. The van der Waals surface area contributed by atoms with Crippen LogP contribution in [-0.2, 0) is 12.2 Å². The topological polar surface area (TPSA) is 121 Å². The van der Waals surface area contributed by atoms with E-state index < -0.39 is 5.66 Å². The Morgan fingerprint density at radius 3 is 2.87 bits per heavy atom. The summed E-state index contributed by atoms with van der Waals surface area (Å²) < 4.78 is 6.92. The third-order valence-electron chi connectivity index (χ3n) is 5.75. The van der Waals surface area contributed by atoms with Crippen molar-refractivity contribution in [1.82, 2.24) is 15.3 Å². The van der Waals surface area contributed by atoms with E-state index in [1.807, 2.05) is 18.2 Å². The van der Waals surface area contributed by atoms with E-state index in [4.69, 9.17) is 20.9 Å². The molecule has 3 aliphatic heterocycles.